The maximum absolute atomic E-state index is 13.4. The van der Waals surface area contributed by atoms with E-state index in [-0.39, 0.29) is 5.82 Å². The van der Waals surface area contributed by atoms with Crippen LogP contribution < -0.4 is 10.2 Å². The summed E-state index contributed by atoms with van der Waals surface area (Å²) in [6, 6.07) is 5.16. The number of rotatable bonds is 0. The molecule has 13 heavy (non-hydrogen) atoms. The summed E-state index contributed by atoms with van der Waals surface area (Å²) in [5.74, 6) is -0.144. The highest BCUT2D eigenvalue weighted by molar-refractivity contribution is 5.71. The predicted molar refractivity (Wildman–Crippen MR) is 52.8 cm³/mol. The molecule has 1 N–H and O–H groups in total. The molecule has 0 saturated heterocycles. The fourth-order valence-electron chi connectivity index (χ4n) is 1.70. The normalized spacial score (nSPS) is 16.0. The molecule has 0 spiro atoms. The van der Waals surface area contributed by atoms with Crippen LogP contribution in [0.15, 0.2) is 18.2 Å². The van der Waals surface area contributed by atoms with E-state index in [9.17, 15) is 4.39 Å². The third kappa shape index (κ3) is 1.46. The van der Waals surface area contributed by atoms with Crippen molar-refractivity contribution in [2.45, 2.75) is 6.42 Å². The van der Waals surface area contributed by atoms with Gasteiger partial charge in [-0.1, -0.05) is 6.07 Å². The number of nitrogens with zero attached hydrogens (tertiary/aromatic N) is 1. The molecule has 0 unspecified atom stereocenters. The van der Waals surface area contributed by atoms with E-state index in [1.165, 1.54) is 6.07 Å². The number of anilines is 2. The van der Waals surface area contributed by atoms with Crippen LogP contribution in [-0.4, -0.2) is 20.1 Å². The zero-order chi connectivity index (χ0) is 9.26. The lowest BCUT2D eigenvalue weighted by Crippen LogP contribution is -2.18. The van der Waals surface area contributed by atoms with Gasteiger partial charge in [0.2, 0.25) is 0 Å². The topological polar surface area (TPSA) is 15.3 Å². The van der Waals surface area contributed by atoms with Gasteiger partial charge < -0.3 is 10.2 Å². The lowest BCUT2D eigenvalue weighted by atomic mass is 10.2. The highest BCUT2D eigenvalue weighted by Gasteiger charge is 2.14. The predicted octanol–water partition coefficient (Wildman–Crippen LogP) is 2.08. The van der Waals surface area contributed by atoms with E-state index in [1.54, 1.807) is 6.07 Å². The first-order valence-electron chi connectivity index (χ1n) is 4.52. The molecule has 0 saturated carbocycles. The Morgan fingerprint density at radius 3 is 3.15 bits per heavy atom. The molecule has 1 aliphatic heterocycles. The number of para-hydroxylation sites is 1. The number of hydrogen-bond acceptors (Lipinski definition) is 2. The summed E-state index contributed by atoms with van der Waals surface area (Å²) >= 11 is 0. The molecular formula is C10H13FN2. The van der Waals surface area contributed by atoms with Crippen LogP contribution >= 0.6 is 0 Å². The molecule has 2 nitrogen and oxygen atoms in total. The molecule has 2 rings (SSSR count). The monoisotopic (exact) mass is 180 g/mol. The smallest absolute Gasteiger partial charge is 0.148 e. The van der Waals surface area contributed by atoms with Gasteiger partial charge in [-0.05, 0) is 18.6 Å². The standard InChI is InChI=1S/C10H13FN2/c1-13-7-3-6-12-9-5-2-4-8(11)10(9)13/h2,4-5,12H,3,6-7H2,1H3. The van der Waals surface area contributed by atoms with Gasteiger partial charge in [0.15, 0.2) is 0 Å². The molecule has 3 heteroatoms. The van der Waals surface area contributed by atoms with Gasteiger partial charge in [0.1, 0.15) is 5.82 Å². The Bertz CT molecular complexity index is 312. The molecular weight excluding hydrogens is 167 g/mol. The average molecular weight is 180 g/mol. The van der Waals surface area contributed by atoms with Crippen LogP contribution in [0.1, 0.15) is 6.42 Å². The lowest BCUT2D eigenvalue weighted by Gasteiger charge is -2.18. The minimum Gasteiger partial charge on any atom is -0.383 e. The first-order chi connectivity index (χ1) is 6.29. The highest BCUT2D eigenvalue weighted by Crippen LogP contribution is 2.29. The molecule has 0 aromatic heterocycles. The largest absolute Gasteiger partial charge is 0.383 e. The summed E-state index contributed by atoms with van der Waals surface area (Å²) in [6.07, 6.45) is 1.05. The van der Waals surface area contributed by atoms with Crippen molar-refractivity contribution in [1.82, 2.24) is 0 Å². The lowest BCUT2D eigenvalue weighted by molar-refractivity contribution is 0.624. The Hall–Kier alpha value is -1.25. The van der Waals surface area contributed by atoms with Crippen LogP contribution in [0.4, 0.5) is 15.8 Å². The van der Waals surface area contributed by atoms with Crippen LogP contribution in [0.25, 0.3) is 0 Å². The van der Waals surface area contributed by atoms with Crippen molar-refractivity contribution in [2.75, 3.05) is 30.4 Å². The van der Waals surface area contributed by atoms with Gasteiger partial charge in [0.05, 0.1) is 11.4 Å². The van der Waals surface area contributed by atoms with Crippen LogP contribution in [0.2, 0.25) is 0 Å². The maximum Gasteiger partial charge on any atom is 0.148 e. The molecule has 1 aromatic carbocycles. The molecule has 1 heterocycles. The van der Waals surface area contributed by atoms with Crippen molar-refractivity contribution in [3.05, 3.63) is 24.0 Å². The second-order valence-corrected chi connectivity index (χ2v) is 3.34. The van der Waals surface area contributed by atoms with Crippen molar-refractivity contribution in [2.24, 2.45) is 0 Å². The molecule has 0 aliphatic carbocycles. The molecule has 0 bridgehead atoms. The average Bonchev–Trinajstić information content (AvgIpc) is 2.29. The van der Waals surface area contributed by atoms with Gasteiger partial charge in [-0.25, -0.2) is 4.39 Å². The highest BCUT2D eigenvalue weighted by atomic mass is 19.1. The van der Waals surface area contributed by atoms with Crippen LogP contribution in [0.5, 0.6) is 0 Å². The van der Waals surface area contributed by atoms with E-state index in [1.807, 2.05) is 18.0 Å². The van der Waals surface area contributed by atoms with E-state index in [0.717, 1.165) is 25.2 Å². The zero-order valence-corrected chi connectivity index (χ0v) is 7.68. The van der Waals surface area contributed by atoms with Gasteiger partial charge in [0.25, 0.3) is 0 Å². The van der Waals surface area contributed by atoms with Crippen LogP contribution in [-0.2, 0) is 0 Å². The Kier molecular flexibility index (Phi) is 2.08. The molecule has 0 atom stereocenters. The van der Waals surface area contributed by atoms with Crippen LogP contribution in [0, 0.1) is 5.82 Å². The fourth-order valence-corrected chi connectivity index (χ4v) is 1.70. The number of fused-ring (bicyclic) bond motifs is 1. The second-order valence-electron chi connectivity index (χ2n) is 3.34. The third-order valence-corrected chi connectivity index (χ3v) is 2.35. The summed E-state index contributed by atoms with van der Waals surface area (Å²) in [5, 5.41) is 3.21. The minimum atomic E-state index is -0.144. The number of hydrogen-bond donors (Lipinski definition) is 1. The van der Waals surface area contributed by atoms with E-state index < -0.39 is 0 Å². The SMILES string of the molecule is CN1CCCNc2cccc(F)c21. The summed E-state index contributed by atoms with van der Waals surface area (Å²) in [7, 11) is 1.93. The molecule has 0 fully saturated rings. The van der Waals surface area contributed by atoms with Crippen molar-refractivity contribution in [1.29, 1.82) is 0 Å². The molecule has 1 aromatic rings. The molecule has 1 aliphatic rings. The first-order valence-corrected chi connectivity index (χ1v) is 4.52. The Morgan fingerprint density at radius 1 is 1.46 bits per heavy atom. The Labute approximate surface area is 77.4 Å². The summed E-state index contributed by atoms with van der Waals surface area (Å²) in [6.45, 7) is 1.82. The van der Waals surface area contributed by atoms with E-state index >= 15 is 0 Å². The van der Waals surface area contributed by atoms with Crippen molar-refractivity contribution in [3.8, 4) is 0 Å². The van der Waals surface area contributed by atoms with Gasteiger partial charge in [-0.3, -0.25) is 0 Å². The Morgan fingerprint density at radius 2 is 2.31 bits per heavy atom. The van der Waals surface area contributed by atoms with E-state index in [4.69, 9.17) is 0 Å². The zero-order valence-electron chi connectivity index (χ0n) is 7.68. The Balaban J connectivity index is 2.48. The van der Waals surface area contributed by atoms with Gasteiger partial charge in [-0.2, -0.15) is 0 Å². The first kappa shape index (κ1) is 8.35. The number of halogens is 1. The second kappa shape index (κ2) is 3.24. The van der Waals surface area contributed by atoms with Crippen molar-refractivity contribution < 1.29 is 4.39 Å². The molecule has 0 radical (unpaired) electrons. The van der Waals surface area contributed by atoms with Gasteiger partial charge >= 0.3 is 0 Å². The van der Waals surface area contributed by atoms with Crippen LogP contribution in [0.3, 0.4) is 0 Å². The summed E-state index contributed by atoms with van der Waals surface area (Å²) in [5.41, 5.74) is 1.60. The minimum absolute atomic E-state index is 0.144. The summed E-state index contributed by atoms with van der Waals surface area (Å²) < 4.78 is 13.4. The maximum atomic E-state index is 13.4. The van der Waals surface area contributed by atoms with Gasteiger partial charge in [0, 0.05) is 20.1 Å². The molecule has 0 amide bonds. The van der Waals surface area contributed by atoms with E-state index in [0.29, 0.717) is 5.69 Å². The van der Waals surface area contributed by atoms with Gasteiger partial charge in [-0.15, -0.1) is 0 Å². The van der Waals surface area contributed by atoms with Crippen molar-refractivity contribution in [3.63, 3.8) is 0 Å². The molecule has 70 valence electrons. The van der Waals surface area contributed by atoms with Crippen molar-refractivity contribution >= 4 is 11.4 Å². The van der Waals surface area contributed by atoms with E-state index in [2.05, 4.69) is 5.32 Å². The third-order valence-electron chi connectivity index (χ3n) is 2.35. The quantitative estimate of drug-likeness (QED) is 0.657. The summed E-state index contributed by atoms with van der Waals surface area (Å²) in [4.78, 5) is 1.96. The number of nitrogens with one attached hydrogen (secondary N) is 1. The number of benzene rings is 1. The fraction of sp³-hybridized carbons (Fsp3) is 0.400.